The molecule has 2 rings (SSSR count). The van der Waals surface area contributed by atoms with Crippen molar-refractivity contribution >= 4 is 13.3 Å². The van der Waals surface area contributed by atoms with Crippen molar-refractivity contribution < 1.29 is 13.6 Å². The van der Waals surface area contributed by atoms with Crippen LogP contribution in [0.5, 0.6) is 0 Å². The van der Waals surface area contributed by atoms with E-state index < -0.39 is 13.4 Å². The Labute approximate surface area is 156 Å². The second kappa shape index (κ2) is 9.86. The van der Waals surface area contributed by atoms with Gasteiger partial charge in [-0.3, -0.25) is 9.55 Å². The number of rotatable bonds is 10. The monoisotopic (exact) mass is 376 g/mol. The number of nitrogens with one attached hydrogen (secondary N) is 1. The van der Waals surface area contributed by atoms with Gasteiger partial charge in [0, 0.05) is 18.1 Å². The van der Waals surface area contributed by atoms with E-state index in [1.807, 2.05) is 70.2 Å². The van der Waals surface area contributed by atoms with Crippen molar-refractivity contribution in [2.45, 2.75) is 33.5 Å². The van der Waals surface area contributed by atoms with E-state index in [1.165, 1.54) is 0 Å². The van der Waals surface area contributed by atoms with Crippen LogP contribution in [0.1, 0.15) is 39.0 Å². The van der Waals surface area contributed by atoms with E-state index in [9.17, 15) is 4.57 Å². The smallest absolute Gasteiger partial charge is 0.357 e. The van der Waals surface area contributed by atoms with Crippen molar-refractivity contribution in [3.05, 3.63) is 60.4 Å². The first-order chi connectivity index (χ1) is 12.4. The minimum Gasteiger partial charge on any atom is -0.368 e. The average Bonchev–Trinajstić information content (AvgIpc) is 2.64. The third-order valence-corrected chi connectivity index (χ3v) is 5.67. The van der Waals surface area contributed by atoms with Crippen molar-refractivity contribution in [3.8, 4) is 0 Å². The zero-order valence-electron chi connectivity index (χ0n) is 16.0. The fourth-order valence-corrected chi connectivity index (χ4v) is 4.50. The minimum atomic E-state index is -3.46. The van der Waals surface area contributed by atoms with E-state index in [0.717, 1.165) is 11.3 Å². The molecule has 0 saturated carbocycles. The predicted molar refractivity (Wildman–Crippen MR) is 106 cm³/mol. The van der Waals surface area contributed by atoms with Crippen molar-refractivity contribution in [2.24, 2.45) is 11.8 Å². The van der Waals surface area contributed by atoms with Gasteiger partial charge < -0.3 is 14.4 Å². The molecule has 1 heterocycles. The summed E-state index contributed by atoms with van der Waals surface area (Å²) in [6.07, 6.45) is 3.37. The molecule has 0 saturated heterocycles. The molecule has 1 N–H and O–H groups in total. The molecule has 1 atom stereocenters. The Morgan fingerprint density at radius 2 is 1.46 bits per heavy atom. The highest BCUT2D eigenvalue weighted by molar-refractivity contribution is 7.54. The summed E-state index contributed by atoms with van der Waals surface area (Å²) in [6, 6.07) is 13.3. The SMILES string of the molecule is CC(C)COP(=O)(OCC(C)C)C(Nc1ccccc1)c1ccncc1. The Morgan fingerprint density at radius 1 is 0.923 bits per heavy atom. The van der Waals surface area contributed by atoms with Crippen LogP contribution in [0.2, 0.25) is 0 Å². The number of aromatic nitrogens is 1. The molecule has 2 aromatic rings. The van der Waals surface area contributed by atoms with E-state index in [0.29, 0.717) is 13.2 Å². The van der Waals surface area contributed by atoms with E-state index in [1.54, 1.807) is 12.4 Å². The summed E-state index contributed by atoms with van der Waals surface area (Å²) in [5, 5.41) is 3.34. The van der Waals surface area contributed by atoms with Gasteiger partial charge in [0.15, 0.2) is 5.78 Å². The highest BCUT2D eigenvalue weighted by Crippen LogP contribution is 2.61. The van der Waals surface area contributed by atoms with Gasteiger partial charge in [-0.1, -0.05) is 45.9 Å². The van der Waals surface area contributed by atoms with E-state index >= 15 is 0 Å². The Bertz CT molecular complexity index is 677. The highest BCUT2D eigenvalue weighted by Gasteiger charge is 2.38. The topological polar surface area (TPSA) is 60.5 Å². The first-order valence-corrected chi connectivity index (χ1v) is 10.6. The summed E-state index contributed by atoms with van der Waals surface area (Å²) in [5.74, 6) is -0.105. The summed E-state index contributed by atoms with van der Waals surface area (Å²) in [6.45, 7) is 8.84. The van der Waals surface area contributed by atoms with Crippen LogP contribution in [0.4, 0.5) is 5.69 Å². The van der Waals surface area contributed by atoms with Gasteiger partial charge >= 0.3 is 7.60 Å². The lowest BCUT2D eigenvalue weighted by atomic mass is 10.2. The van der Waals surface area contributed by atoms with Crippen LogP contribution >= 0.6 is 7.60 Å². The second-order valence-electron chi connectivity index (χ2n) is 7.11. The van der Waals surface area contributed by atoms with Gasteiger partial charge in [0.1, 0.15) is 0 Å². The standard InChI is InChI=1S/C20H29N2O3P/c1-16(2)14-24-26(23,25-15-17(3)4)20(18-10-12-21-13-11-18)22-19-8-6-5-7-9-19/h5-13,16-17,20,22H,14-15H2,1-4H3. The third kappa shape index (κ3) is 6.24. The van der Waals surface area contributed by atoms with Crippen LogP contribution in [-0.4, -0.2) is 18.2 Å². The molecule has 1 unspecified atom stereocenters. The summed E-state index contributed by atoms with van der Waals surface area (Å²) in [5.41, 5.74) is 1.68. The maximum Gasteiger partial charge on any atom is 0.357 e. The molecule has 0 amide bonds. The van der Waals surface area contributed by atoms with Crippen molar-refractivity contribution in [1.82, 2.24) is 4.98 Å². The van der Waals surface area contributed by atoms with Gasteiger partial charge in [0.05, 0.1) is 13.2 Å². The summed E-state index contributed by atoms with van der Waals surface area (Å²) in [4.78, 5) is 4.07. The molecule has 0 spiro atoms. The first kappa shape index (κ1) is 20.6. The van der Waals surface area contributed by atoms with E-state index in [4.69, 9.17) is 9.05 Å². The molecule has 0 bridgehead atoms. The zero-order chi connectivity index (χ0) is 19.0. The normalized spacial score (nSPS) is 13.2. The zero-order valence-corrected chi connectivity index (χ0v) is 16.9. The molecule has 1 aromatic heterocycles. The summed E-state index contributed by atoms with van der Waals surface area (Å²) in [7, 11) is -3.46. The number of para-hydroxylation sites is 1. The fraction of sp³-hybridized carbons (Fsp3) is 0.450. The van der Waals surface area contributed by atoms with Crippen LogP contribution < -0.4 is 5.32 Å². The number of hydrogen-bond acceptors (Lipinski definition) is 5. The summed E-state index contributed by atoms with van der Waals surface area (Å²) < 4.78 is 25.6. The van der Waals surface area contributed by atoms with Gasteiger partial charge in [0.2, 0.25) is 0 Å². The Balaban J connectivity index is 2.37. The van der Waals surface area contributed by atoms with Gasteiger partial charge in [-0.25, -0.2) is 0 Å². The molecule has 5 nitrogen and oxygen atoms in total. The minimum absolute atomic E-state index is 0.251. The molecule has 0 aliphatic heterocycles. The molecule has 6 heteroatoms. The Hall–Kier alpha value is -1.68. The van der Waals surface area contributed by atoms with Crippen LogP contribution in [-0.2, 0) is 13.6 Å². The van der Waals surface area contributed by atoms with Crippen molar-refractivity contribution in [3.63, 3.8) is 0 Å². The predicted octanol–water partition coefficient (Wildman–Crippen LogP) is 5.73. The number of nitrogens with zero attached hydrogens (tertiary/aromatic N) is 1. The lowest BCUT2D eigenvalue weighted by molar-refractivity contribution is 0.168. The van der Waals surface area contributed by atoms with Crippen molar-refractivity contribution in [1.29, 1.82) is 0 Å². The molecular formula is C20H29N2O3P. The maximum absolute atomic E-state index is 13.8. The fourth-order valence-electron chi connectivity index (χ4n) is 2.28. The highest BCUT2D eigenvalue weighted by atomic mass is 31.2. The largest absolute Gasteiger partial charge is 0.368 e. The second-order valence-corrected chi connectivity index (χ2v) is 9.22. The Kier molecular flexibility index (Phi) is 7.83. The molecule has 0 aliphatic carbocycles. The molecule has 1 aromatic carbocycles. The van der Waals surface area contributed by atoms with E-state index in [-0.39, 0.29) is 11.8 Å². The van der Waals surface area contributed by atoms with E-state index in [2.05, 4.69) is 10.3 Å². The molecule has 0 radical (unpaired) electrons. The van der Waals surface area contributed by atoms with Crippen LogP contribution in [0.15, 0.2) is 54.9 Å². The molecule has 0 fully saturated rings. The maximum atomic E-state index is 13.8. The lowest BCUT2D eigenvalue weighted by Crippen LogP contribution is -2.18. The van der Waals surface area contributed by atoms with Crippen LogP contribution in [0.3, 0.4) is 0 Å². The van der Waals surface area contributed by atoms with Crippen LogP contribution in [0.25, 0.3) is 0 Å². The first-order valence-electron chi connectivity index (χ1n) is 9.01. The molecule has 26 heavy (non-hydrogen) atoms. The number of pyridine rings is 1. The average molecular weight is 376 g/mol. The van der Waals surface area contributed by atoms with Gasteiger partial charge in [0.25, 0.3) is 0 Å². The van der Waals surface area contributed by atoms with Crippen LogP contribution in [0, 0.1) is 11.8 Å². The lowest BCUT2D eigenvalue weighted by Gasteiger charge is -2.29. The van der Waals surface area contributed by atoms with Crippen molar-refractivity contribution in [2.75, 3.05) is 18.5 Å². The quantitative estimate of drug-likeness (QED) is 0.537. The van der Waals surface area contributed by atoms with Gasteiger partial charge in [-0.05, 0) is 41.7 Å². The third-order valence-electron chi connectivity index (χ3n) is 3.59. The number of anilines is 1. The number of benzene rings is 1. The molecule has 0 aliphatic rings. The van der Waals surface area contributed by atoms with Gasteiger partial charge in [-0.15, -0.1) is 0 Å². The van der Waals surface area contributed by atoms with Gasteiger partial charge in [-0.2, -0.15) is 0 Å². The number of hydrogen-bond donors (Lipinski definition) is 1. The molecule has 142 valence electrons. The molecular weight excluding hydrogens is 347 g/mol. The Morgan fingerprint density at radius 3 is 1.96 bits per heavy atom. The summed E-state index contributed by atoms with van der Waals surface area (Å²) >= 11 is 0.